The molecule has 6 nitrogen and oxygen atoms in total. The van der Waals surface area contributed by atoms with E-state index < -0.39 is 0 Å². The molecule has 2 heterocycles. The van der Waals surface area contributed by atoms with Gasteiger partial charge in [0.1, 0.15) is 17.3 Å². The van der Waals surface area contributed by atoms with Crippen LogP contribution >= 0.6 is 11.8 Å². The number of rotatable bonds is 8. The van der Waals surface area contributed by atoms with Gasteiger partial charge in [-0.3, -0.25) is 9.69 Å². The van der Waals surface area contributed by atoms with Gasteiger partial charge in [0.15, 0.2) is 5.17 Å². The molecule has 1 amide bonds. The highest BCUT2D eigenvalue weighted by Gasteiger charge is 2.34. The zero-order valence-corrected chi connectivity index (χ0v) is 22.8. The second kappa shape index (κ2) is 12.4. The fraction of sp³-hybridized carbons (Fsp3) is 0.0294. The van der Waals surface area contributed by atoms with Crippen molar-refractivity contribution in [2.75, 3.05) is 0 Å². The quantitative estimate of drug-likeness (QED) is 0.110. The van der Waals surface area contributed by atoms with E-state index in [0.29, 0.717) is 21.6 Å². The van der Waals surface area contributed by atoms with Gasteiger partial charge in [-0.25, -0.2) is 0 Å². The summed E-state index contributed by atoms with van der Waals surface area (Å²) in [5.74, 6) is 1.93. The van der Waals surface area contributed by atoms with Crippen LogP contribution in [0.15, 0.2) is 147 Å². The summed E-state index contributed by atoms with van der Waals surface area (Å²) in [5.41, 5.74) is 4.04. The van der Waals surface area contributed by atoms with E-state index in [2.05, 4.69) is 34.5 Å². The molecule has 0 aliphatic carbocycles. The summed E-state index contributed by atoms with van der Waals surface area (Å²) in [6.45, 7) is 0.257. The first-order chi connectivity index (χ1) is 20.2. The predicted octanol–water partition coefficient (Wildman–Crippen LogP) is 8.25. The Hall–Kier alpha value is -5.14. The summed E-state index contributed by atoms with van der Waals surface area (Å²) in [7, 11) is 0. The van der Waals surface area contributed by atoms with Crippen LogP contribution < -0.4 is 4.74 Å². The molecular weight excluding hydrogens is 530 g/mol. The zero-order chi connectivity index (χ0) is 27.9. The Balaban J connectivity index is 1.22. The average molecular weight is 556 g/mol. The second-order valence-electron chi connectivity index (χ2n) is 9.18. The number of hydrogen-bond donors (Lipinski definition) is 0. The summed E-state index contributed by atoms with van der Waals surface area (Å²) >= 11 is 1.28. The highest BCUT2D eigenvalue weighted by Crippen LogP contribution is 2.34. The molecule has 1 aromatic heterocycles. The number of ether oxygens (including phenoxy) is 1. The van der Waals surface area contributed by atoms with Gasteiger partial charge in [-0.2, -0.15) is 5.10 Å². The lowest BCUT2D eigenvalue weighted by Crippen LogP contribution is -2.28. The molecule has 0 unspecified atom stereocenters. The molecule has 1 aliphatic heterocycles. The second-order valence-corrected chi connectivity index (χ2v) is 10.2. The number of amidine groups is 1. The smallest absolute Gasteiger partial charge is 0.267 e. The van der Waals surface area contributed by atoms with Crippen molar-refractivity contribution < 1.29 is 13.9 Å². The highest BCUT2D eigenvalue weighted by molar-refractivity contribution is 8.18. The average Bonchev–Trinajstić information content (AvgIpc) is 3.63. The number of hydrogen-bond acceptors (Lipinski definition) is 6. The minimum atomic E-state index is -0.165. The normalized spacial score (nSPS) is 15.3. The van der Waals surface area contributed by atoms with Crippen LogP contribution in [0.4, 0.5) is 0 Å². The lowest BCUT2D eigenvalue weighted by molar-refractivity contribution is -0.122. The molecule has 200 valence electrons. The van der Waals surface area contributed by atoms with Crippen LogP contribution in [-0.2, 0) is 11.3 Å². The van der Waals surface area contributed by atoms with E-state index in [1.165, 1.54) is 11.8 Å². The fourth-order valence-corrected chi connectivity index (χ4v) is 5.20. The SMILES string of the molecule is O=C1/C(=C/c2cccc(Oc3ccccc3)c2)S/C(=N/N=C/c2ccc(-c3ccccc3)cc2)N1Cc1ccco1. The lowest BCUT2D eigenvalue weighted by Gasteiger charge is -2.12. The number of nitrogens with zero attached hydrogens (tertiary/aromatic N) is 3. The summed E-state index contributed by atoms with van der Waals surface area (Å²) in [6.07, 6.45) is 5.12. The molecule has 1 fully saturated rings. The lowest BCUT2D eigenvalue weighted by atomic mass is 10.0. The predicted molar refractivity (Wildman–Crippen MR) is 165 cm³/mol. The summed E-state index contributed by atoms with van der Waals surface area (Å²) in [4.78, 5) is 15.6. The molecule has 0 spiro atoms. The van der Waals surface area contributed by atoms with Gasteiger partial charge < -0.3 is 9.15 Å². The monoisotopic (exact) mass is 555 g/mol. The maximum absolute atomic E-state index is 13.5. The van der Waals surface area contributed by atoms with Gasteiger partial charge in [0.25, 0.3) is 5.91 Å². The van der Waals surface area contributed by atoms with Crippen molar-refractivity contribution in [3.8, 4) is 22.6 Å². The Morgan fingerprint density at radius 1 is 0.756 bits per heavy atom. The van der Waals surface area contributed by atoms with Crippen LogP contribution in [0.5, 0.6) is 11.5 Å². The Labute approximate surface area is 242 Å². The number of para-hydroxylation sites is 1. The molecule has 6 rings (SSSR count). The topological polar surface area (TPSA) is 67.4 Å². The highest BCUT2D eigenvalue weighted by atomic mass is 32.2. The van der Waals surface area contributed by atoms with E-state index in [0.717, 1.165) is 28.0 Å². The zero-order valence-electron chi connectivity index (χ0n) is 22.0. The van der Waals surface area contributed by atoms with Gasteiger partial charge in [0.05, 0.1) is 23.9 Å². The van der Waals surface area contributed by atoms with Crippen molar-refractivity contribution in [2.24, 2.45) is 10.2 Å². The summed E-state index contributed by atoms with van der Waals surface area (Å²) < 4.78 is 11.5. The molecular formula is C34H25N3O3S. The van der Waals surface area contributed by atoms with Crippen molar-refractivity contribution in [1.29, 1.82) is 0 Å². The third-order valence-corrected chi connectivity index (χ3v) is 7.28. The first-order valence-electron chi connectivity index (χ1n) is 13.0. The fourth-order valence-electron chi connectivity index (χ4n) is 4.26. The van der Waals surface area contributed by atoms with Crippen molar-refractivity contribution in [2.45, 2.75) is 6.54 Å². The van der Waals surface area contributed by atoms with Crippen molar-refractivity contribution in [1.82, 2.24) is 4.90 Å². The van der Waals surface area contributed by atoms with Crippen molar-refractivity contribution in [3.63, 3.8) is 0 Å². The number of furan rings is 1. The number of thioether (sulfide) groups is 1. The van der Waals surface area contributed by atoms with Crippen molar-refractivity contribution in [3.05, 3.63) is 149 Å². The van der Waals surface area contributed by atoms with Gasteiger partial charge in [-0.15, -0.1) is 5.10 Å². The summed E-state index contributed by atoms with van der Waals surface area (Å²) in [6, 6.07) is 39.1. The molecule has 1 saturated heterocycles. The molecule has 0 saturated carbocycles. The Morgan fingerprint density at radius 2 is 1.49 bits per heavy atom. The molecule has 1 aliphatic rings. The van der Waals surface area contributed by atoms with E-state index in [1.807, 2.05) is 97.1 Å². The van der Waals surface area contributed by atoms with Gasteiger partial charge >= 0.3 is 0 Å². The van der Waals surface area contributed by atoms with Gasteiger partial charge in [0, 0.05) is 0 Å². The number of carbonyl (C=O) groups is 1. The van der Waals surface area contributed by atoms with Crippen molar-refractivity contribution >= 4 is 35.1 Å². The van der Waals surface area contributed by atoms with E-state index in [4.69, 9.17) is 9.15 Å². The van der Waals surface area contributed by atoms with Crippen LogP contribution in [0.1, 0.15) is 16.9 Å². The molecule has 0 bridgehead atoms. The van der Waals surface area contributed by atoms with Crippen LogP contribution in [0.25, 0.3) is 17.2 Å². The van der Waals surface area contributed by atoms with E-state index in [9.17, 15) is 4.79 Å². The van der Waals surface area contributed by atoms with Crippen LogP contribution in [0, 0.1) is 0 Å². The van der Waals surface area contributed by atoms with Gasteiger partial charge in [-0.1, -0.05) is 84.9 Å². The standard InChI is InChI=1S/C34H25N3O3S/c38-33-32(22-26-9-7-14-30(21-26)40-29-12-5-2-6-13-29)41-34(37(33)24-31-15-8-20-39-31)36-35-23-25-16-18-28(19-17-25)27-10-3-1-4-11-27/h1-23H,24H2/b32-22-,35-23+,36-34+. The Bertz CT molecular complexity index is 1710. The minimum absolute atomic E-state index is 0.165. The van der Waals surface area contributed by atoms with E-state index >= 15 is 0 Å². The molecule has 4 aromatic carbocycles. The van der Waals surface area contributed by atoms with Crippen LogP contribution in [0.3, 0.4) is 0 Å². The third-order valence-electron chi connectivity index (χ3n) is 6.28. The molecule has 0 radical (unpaired) electrons. The minimum Gasteiger partial charge on any atom is -0.467 e. The molecule has 0 atom stereocenters. The Morgan fingerprint density at radius 3 is 2.24 bits per heavy atom. The Kier molecular flexibility index (Phi) is 7.87. The molecule has 5 aromatic rings. The third kappa shape index (κ3) is 6.54. The van der Waals surface area contributed by atoms with Crippen LogP contribution in [0.2, 0.25) is 0 Å². The van der Waals surface area contributed by atoms with Gasteiger partial charge in [-0.05, 0) is 76.5 Å². The first-order valence-corrected chi connectivity index (χ1v) is 13.9. The molecule has 0 N–H and O–H groups in total. The number of carbonyl (C=O) groups excluding carboxylic acids is 1. The maximum atomic E-state index is 13.5. The largest absolute Gasteiger partial charge is 0.467 e. The first kappa shape index (κ1) is 26.1. The summed E-state index contributed by atoms with van der Waals surface area (Å²) in [5, 5.41) is 9.21. The molecule has 7 heteroatoms. The maximum Gasteiger partial charge on any atom is 0.267 e. The molecule has 41 heavy (non-hydrogen) atoms. The van der Waals surface area contributed by atoms with Crippen LogP contribution in [-0.4, -0.2) is 22.2 Å². The van der Waals surface area contributed by atoms with Gasteiger partial charge in [0.2, 0.25) is 0 Å². The van der Waals surface area contributed by atoms with E-state index in [-0.39, 0.29) is 12.5 Å². The number of amides is 1. The number of benzene rings is 4. The van der Waals surface area contributed by atoms with E-state index in [1.54, 1.807) is 23.4 Å².